The topological polar surface area (TPSA) is 96.0 Å². The molecule has 9 heteroatoms. The molecule has 2 saturated heterocycles. The van der Waals surface area contributed by atoms with Gasteiger partial charge in [0.15, 0.2) is 6.10 Å². The van der Waals surface area contributed by atoms with E-state index in [1.807, 2.05) is 11.8 Å². The first-order valence-corrected chi connectivity index (χ1v) is 12.6. The number of amides is 2. The normalized spacial score (nSPS) is 23.7. The molecule has 2 amide bonds. The Morgan fingerprint density at radius 3 is 2.45 bits per heavy atom. The summed E-state index contributed by atoms with van der Waals surface area (Å²) < 4.78 is 33.4. The van der Waals surface area contributed by atoms with Crippen molar-refractivity contribution in [2.24, 2.45) is 11.8 Å². The molecular weight excluding hydrogens is 418 g/mol. The number of nitrogens with zero attached hydrogens (tertiary/aromatic N) is 2. The van der Waals surface area contributed by atoms with Crippen LogP contribution in [0.25, 0.3) is 0 Å². The maximum atomic E-state index is 13.2. The van der Waals surface area contributed by atoms with Gasteiger partial charge >= 0.3 is 0 Å². The molecule has 170 valence electrons. The Hall–Kier alpha value is -2.13. The van der Waals surface area contributed by atoms with Gasteiger partial charge in [0.1, 0.15) is 5.75 Å². The third-order valence-electron chi connectivity index (χ3n) is 6.68. The van der Waals surface area contributed by atoms with Crippen molar-refractivity contribution in [1.82, 2.24) is 9.21 Å². The number of hydrogen-bond acceptors (Lipinski definition) is 5. The first kappa shape index (κ1) is 22.1. The molecule has 31 heavy (non-hydrogen) atoms. The van der Waals surface area contributed by atoms with Crippen molar-refractivity contribution in [3.05, 3.63) is 18.2 Å². The van der Waals surface area contributed by atoms with Crippen LogP contribution in [-0.2, 0) is 19.6 Å². The second kappa shape index (κ2) is 8.78. The summed E-state index contributed by atoms with van der Waals surface area (Å²) in [6.07, 6.45) is 3.12. The Labute approximate surface area is 184 Å². The molecule has 1 N–H and O–H groups in total. The average Bonchev–Trinajstić information content (AvgIpc) is 2.78. The van der Waals surface area contributed by atoms with Crippen LogP contribution in [0.1, 0.15) is 46.0 Å². The minimum Gasteiger partial charge on any atom is -0.478 e. The monoisotopic (exact) mass is 449 g/mol. The highest BCUT2D eigenvalue weighted by molar-refractivity contribution is 7.89. The van der Waals surface area contributed by atoms with Gasteiger partial charge in [0.25, 0.3) is 5.91 Å². The predicted octanol–water partition coefficient (Wildman–Crippen LogP) is 2.46. The van der Waals surface area contributed by atoms with Gasteiger partial charge in [-0.3, -0.25) is 9.59 Å². The van der Waals surface area contributed by atoms with E-state index in [-0.39, 0.29) is 22.6 Å². The largest absolute Gasteiger partial charge is 0.478 e. The standard InChI is InChI=1S/C22H31N3O5S/c1-3-19-21(26)23-18-14-17(4-5-20(18)30-19)31(28,29)25-12-8-16(9-13-25)22(27)24-10-6-15(2)7-11-24/h4-5,14-16,19H,3,6-13H2,1-2H3,(H,23,26)/t19-/m0/s1. The van der Waals surface area contributed by atoms with E-state index in [1.54, 1.807) is 6.07 Å². The Morgan fingerprint density at radius 1 is 1.13 bits per heavy atom. The van der Waals surface area contributed by atoms with E-state index in [4.69, 9.17) is 4.74 Å². The van der Waals surface area contributed by atoms with Crippen LogP contribution in [0.2, 0.25) is 0 Å². The smallest absolute Gasteiger partial charge is 0.265 e. The number of carbonyl (C=O) groups excluding carboxylic acids is 2. The first-order chi connectivity index (χ1) is 14.8. The van der Waals surface area contributed by atoms with Crippen molar-refractivity contribution in [3.63, 3.8) is 0 Å². The van der Waals surface area contributed by atoms with Gasteiger partial charge < -0.3 is 15.0 Å². The van der Waals surface area contributed by atoms with Gasteiger partial charge in [-0.25, -0.2) is 8.42 Å². The number of anilines is 1. The van der Waals surface area contributed by atoms with Crippen LogP contribution in [0.5, 0.6) is 5.75 Å². The molecule has 0 bridgehead atoms. The minimum atomic E-state index is -3.71. The second-order valence-corrected chi connectivity index (χ2v) is 10.8. The van der Waals surface area contributed by atoms with E-state index in [2.05, 4.69) is 12.2 Å². The van der Waals surface area contributed by atoms with Gasteiger partial charge in [0, 0.05) is 32.1 Å². The molecule has 1 aromatic carbocycles. The maximum Gasteiger partial charge on any atom is 0.265 e. The highest BCUT2D eigenvalue weighted by Crippen LogP contribution is 2.34. The Kier molecular flexibility index (Phi) is 6.25. The molecule has 4 rings (SSSR count). The molecule has 2 fully saturated rings. The molecule has 0 aliphatic carbocycles. The minimum absolute atomic E-state index is 0.109. The molecule has 3 aliphatic heterocycles. The van der Waals surface area contributed by atoms with Crippen molar-refractivity contribution in [1.29, 1.82) is 0 Å². The van der Waals surface area contributed by atoms with Crippen LogP contribution in [0, 0.1) is 11.8 Å². The zero-order valence-electron chi connectivity index (χ0n) is 18.2. The molecule has 1 atom stereocenters. The summed E-state index contributed by atoms with van der Waals surface area (Å²) >= 11 is 0. The number of hydrogen-bond donors (Lipinski definition) is 1. The molecule has 0 saturated carbocycles. The highest BCUT2D eigenvalue weighted by Gasteiger charge is 2.35. The summed E-state index contributed by atoms with van der Waals surface area (Å²) in [5.41, 5.74) is 0.375. The van der Waals surface area contributed by atoms with Gasteiger partial charge in [-0.15, -0.1) is 0 Å². The predicted molar refractivity (Wildman–Crippen MR) is 116 cm³/mol. The Balaban J connectivity index is 1.41. The average molecular weight is 450 g/mol. The van der Waals surface area contributed by atoms with E-state index >= 15 is 0 Å². The van der Waals surface area contributed by atoms with E-state index < -0.39 is 16.1 Å². The van der Waals surface area contributed by atoms with E-state index in [9.17, 15) is 18.0 Å². The van der Waals surface area contributed by atoms with E-state index in [0.29, 0.717) is 49.7 Å². The van der Waals surface area contributed by atoms with E-state index in [1.165, 1.54) is 16.4 Å². The van der Waals surface area contributed by atoms with Crippen LogP contribution in [0.3, 0.4) is 0 Å². The zero-order valence-corrected chi connectivity index (χ0v) is 19.0. The number of fused-ring (bicyclic) bond motifs is 1. The van der Waals surface area contributed by atoms with Crippen molar-refractivity contribution in [2.75, 3.05) is 31.5 Å². The molecule has 0 spiro atoms. The van der Waals surface area contributed by atoms with Crippen LogP contribution in [0.4, 0.5) is 5.69 Å². The fourth-order valence-corrected chi connectivity index (χ4v) is 6.03. The summed E-state index contributed by atoms with van der Waals surface area (Å²) in [7, 11) is -3.71. The van der Waals surface area contributed by atoms with Crippen molar-refractivity contribution < 1.29 is 22.7 Å². The number of nitrogens with one attached hydrogen (secondary N) is 1. The number of piperidine rings is 2. The summed E-state index contributed by atoms with van der Waals surface area (Å²) in [4.78, 5) is 27.0. The van der Waals surface area contributed by atoms with Gasteiger partial charge in [-0.1, -0.05) is 13.8 Å². The van der Waals surface area contributed by atoms with Crippen LogP contribution in [-0.4, -0.2) is 61.7 Å². The van der Waals surface area contributed by atoms with Gasteiger partial charge in [0.2, 0.25) is 15.9 Å². The molecule has 8 nitrogen and oxygen atoms in total. The summed E-state index contributed by atoms with van der Waals surface area (Å²) in [6, 6.07) is 4.57. The second-order valence-electron chi connectivity index (χ2n) is 8.85. The number of rotatable bonds is 4. The van der Waals surface area contributed by atoms with Gasteiger partial charge in [-0.05, 0) is 56.2 Å². The first-order valence-electron chi connectivity index (χ1n) is 11.2. The summed E-state index contributed by atoms with van der Waals surface area (Å²) in [5.74, 6) is 0.933. The number of benzene rings is 1. The molecule has 3 aliphatic rings. The van der Waals surface area contributed by atoms with Crippen LogP contribution >= 0.6 is 0 Å². The third kappa shape index (κ3) is 4.43. The van der Waals surface area contributed by atoms with Crippen LogP contribution in [0.15, 0.2) is 23.1 Å². The number of likely N-dealkylation sites (tertiary alicyclic amines) is 1. The SMILES string of the molecule is CC[C@@H]1Oc2ccc(S(=O)(=O)N3CCC(C(=O)N4CCC(C)CC4)CC3)cc2NC1=O. The Morgan fingerprint density at radius 2 is 1.81 bits per heavy atom. The molecule has 1 aromatic rings. The fraction of sp³-hybridized carbons (Fsp3) is 0.636. The maximum absolute atomic E-state index is 13.2. The molecule has 3 heterocycles. The molecular formula is C22H31N3O5S. The van der Waals surface area contributed by atoms with Crippen molar-refractivity contribution in [3.8, 4) is 5.75 Å². The lowest BCUT2D eigenvalue weighted by Gasteiger charge is -2.36. The Bertz CT molecular complexity index is 948. The van der Waals surface area contributed by atoms with Crippen molar-refractivity contribution >= 4 is 27.5 Å². The molecule has 0 radical (unpaired) electrons. The van der Waals surface area contributed by atoms with Gasteiger partial charge in [0.05, 0.1) is 10.6 Å². The summed E-state index contributed by atoms with van der Waals surface area (Å²) in [5, 5.41) is 2.74. The third-order valence-corrected chi connectivity index (χ3v) is 8.57. The van der Waals surface area contributed by atoms with Crippen LogP contribution < -0.4 is 10.1 Å². The molecule has 0 unspecified atom stereocenters. The highest BCUT2D eigenvalue weighted by atomic mass is 32.2. The number of carbonyl (C=O) groups is 2. The zero-order chi connectivity index (χ0) is 22.2. The lowest BCUT2D eigenvalue weighted by Crippen LogP contribution is -2.46. The quantitative estimate of drug-likeness (QED) is 0.762. The van der Waals surface area contributed by atoms with Crippen molar-refractivity contribution in [2.45, 2.75) is 57.0 Å². The molecule has 0 aromatic heterocycles. The summed E-state index contributed by atoms with van der Waals surface area (Å²) in [6.45, 7) is 6.32. The fourth-order valence-electron chi connectivity index (χ4n) is 4.54. The lowest BCUT2D eigenvalue weighted by molar-refractivity contribution is -0.138. The number of ether oxygens (including phenoxy) is 1. The lowest BCUT2D eigenvalue weighted by atomic mass is 9.93. The van der Waals surface area contributed by atoms with E-state index in [0.717, 1.165) is 25.9 Å². The number of sulfonamides is 1. The van der Waals surface area contributed by atoms with Gasteiger partial charge in [-0.2, -0.15) is 4.31 Å².